The molecule has 138 valence electrons. The third-order valence-corrected chi connectivity index (χ3v) is 5.40. The van der Waals surface area contributed by atoms with Crippen LogP contribution < -0.4 is 5.32 Å². The molecule has 28 heavy (non-hydrogen) atoms. The van der Waals surface area contributed by atoms with Crippen molar-refractivity contribution >= 4 is 22.4 Å². The van der Waals surface area contributed by atoms with Crippen LogP contribution in [0, 0.1) is 13.8 Å². The van der Waals surface area contributed by atoms with E-state index in [1.807, 2.05) is 55.6 Å². The summed E-state index contributed by atoms with van der Waals surface area (Å²) in [7, 11) is 0. The van der Waals surface area contributed by atoms with Crippen molar-refractivity contribution in [3.63, 3.8) is 0 Å². The summed E-state index contributed by atoms with van der Waals surface area (Å²) in [6.45, 7) is 3.97. The first-order valence-electron chi connectivity index (χ1n) is 9.10. The third-order valence-electron chi connectivity index (χ3n) is 4.64. The molecule has 0 radical (unpaired) electrons. The number of carbonyl (C=O) groups excluding carboxylic acids is 1. The van der Waals surface area contributed by atoms with Crippen LogP contribution in [0.15, 0.2) is 78.2 Å². The number of amides is 1. The largest absolute Gasteiger partial charge is 0.298 e. The number of thiazole rings is 1. The van der Waals surface area contributed by atoms with Gasteiger partial charge in [0.25, 0.3) is 5.91 Å². The Balaban J connectivity index is 1.50. The van der Waals surface area contributed by atoms with Crippen LogP contribution >= 0.6 is 11.3 Å². The fourth-order valence-electron chi connectivity index (χ4n) is 3.16. The fraction of sp³-hybridized carbons (Fsp3) is 0.0833. The quantitative estimate of drug-likeness (QED) is 0.446. The second-order valence-corrected chi connectivity index (χ2v) is 7.61. The summed E-state index contributed by atoms with van der Waals surface area (Å²) in [6.07, 6.45) is 0. The molecule has 4 rings (SSSR count). The molecule has 0 aliphatic heterocycles. The number of nitrogens with one attached hydrogen (secondary N) is 1. The highest BCUT2D eigenvalue weighted by molar-refractivity contribution is 7.14. The first kappa shape index (κ1) is 18.1. The minimum Gasteiger partial charge on any atom is -0.298 e. The number of rotatable bonds is 4. The van der Waals surface area contributed by atoms with Gasteiger partial charge in [0.15, 0.2) is 5.13 Å². The van der Waals surface area contributed by atoms with Gasteiger partial charge in [0.05, 0.1) is 5.69 Å². The van der Waals surface area contributed by atoms with Crippen molar-refractivity contribution in [3.05, 3.63) is 94.9 Å². The molecule has 0 fully saturated rings. The van der Waals surface area contributed by atoms with Gasteiger partial charge >= 0.3 is 0 Å². The van der Waals surface area contributed by atoms with E-state index < -0.39 is 0 Å². The molecular weight excluding hydrogens is 364 g/mol. The molecule has 0 aliphatic rings. The van der Waals surface area contributed by atoms with Crippen LogP contribution in [0.25, 0.3) is 22.4 Å². The number of carbonyl (C=O) groups is 1. The lowest BCUT2D eigenvalue weighted by Gasteiger charge is -2.06. The molecule has 0 spiro atoms. The van der Waals surface area contributed by atoms with Crippen LogP contribution in [0.1, 0.15) is 21.5 Å². The van der Waals surface area contributed by atoms with Crippen LogP contribution in [0.5, 0.6) is 0 Å². The summed E-state index contributed by atoms with van der Waals surface area (Å²) in [4.78, 5) is 17.1. The number of aryl methyl sites for hydroxylation is 2. The topological polar surface area (TPSA) is 42.0 Å². The number of benzene rings is 3. The predicted molar refractivity (Wildman–Crippen MR) is 117 cm³/mol. The van der Waals surface area contributed by atoms with Gasteiger partial charge in [-0.25, -0.2) is 4.98 Å². The van der Waals surface area contributed by atoms with E-state index in [4.69, 9.17) is 0 Å². The minimum atomic E-state index is -0.127. The predicted octanol–water partition coefficient (Wildman–Crippen LogP) is 6.35. The Labute approximate surface area is 168 Å². The average Bonchev–Trinajstić information content (AvgIpc) is 3.17. The highest BCUT2D eigenvalue weighted by Gasteiger charge is 2.12. The van der Waals surface area contributed by atoms with Crippen LogP contribution in [0.3, 0.4) is 0 Å². The van der Waals surface area contributed by atoms with Crippen molar-refractivity contribution in [2.24, 2.45) is 0 Å². The van der Waals surface area contributed by atoms with Crippen molar-refractivity contribution < 1.29 is 4.79 Å². The van der Waals surface area contributed by atoms with Gasteiger partial charge in [0, 0.05) is 16.5 Å². The molecule has 4 heteroatoms. The maximum absolute atomic E-state index is 12.5. The van der Waals surface area contributed by atoms with E-state index >= 15 is 0 Å². The van der Waals surface area contributed by atoms with Crippen LogP contribution in [-0.2, 0) is 0 Å². The molecular formula is C24H20N2OS. The summed E-state index contributed by atoms with van der Waals surface area (Å²) >= 11 is 1.43. The molecule has 1 amide bonds. The molecule has 4 aromatic rings. The van der Waals surface area contributed by atoms with E-state index in [9.17, 15) is 4.79 Å². The number of aromatic nitrogens is 1. The van der Waals surface area contributed by atoms with Gasteiger partial charge < -0.3 is 0 Å². The van der Waals surface area contributed by atoms with Gasteiger partial charge in [-0.1, -0.05) is 72.3 Å². The van der Waals surface area contributed by atoms with Gasteiger partial charge in [0.1, 0.15) is 0 Å². The van der Waals surface area contributed by atoms with E-state index in [0.717, 1.165) is 22.4 Å². The first-order valence-corrected chi connectivity index (χ1v) is 9.98. The summed E-state index contributed by atoms with van der Waals surface area (Å²) in [5, 5.41) is 5.49. The van der Waals surface area contributed by atoms with Crippen molar-refractivity contribution in [2.45, 2.75) is 13.8 Å². The highest BCUT2D eigenvalue weighted by Crippen LogP contribution is 2.28. The van der Waals surface area contributed by atoms with Gasteiger partial charge in [-0.3, -0.25) is 10.1 Å². The SMILES string of the molecule is Cc1ccc(C(=O)Nc2nc(-c3ccc(-c4ccccc4)cc3)cs2)c(C)c1. The van der Waals surface area contributed by atoms with Crippen molar-refractivity contribution in [1.29, 1.82) is 0 Å². The smallest absolute Gasteiger partial charge is 0.257 e. The zero-order chi connectivity index (χ0) is 19.5. The maximum Gasteiger partial charge on any atom is 0.257 e. The molecule has 0 atom stereocenters. The zero-order valence-electron chi connectivity index (χ0n) is 15.8. The summed E-state index contributed by atoms with van der Waals surface area (Å²) in [5.41, 5.74) is 7.03. The van der Waals surface area contributed by atoms with Gasteiger partial charge in [-0.05, 0) is 36.6 Å². The molecule has 0 saturated carbocycles. The van der Waals surface area contributed by atoms with E-state index in [2.05, 4.69) is 46.7 Å². The Morgan fingerprint density at radius 2 is 1.54 bits per heavy atom. The van der Waals surface area contributed by atoms with E-state index in [0.29, 0.717) is 10.7 Å². The monoisotopic (exact) mass is 384 g/mol. The Bertz CT molecular complexity index is 1120. The van der Waals surface area contributed by atoms with E-state index in [1.165, 1.54) is 22.5 Å². The van der Waals surface area contributed by atoms with Gasteiger partial charge in [0.2, 0.25) is 0 Å². The Morgan fingerprint density at radius 1 is 0.857 bits per heavy atom. The second kappa shape index (κ2) is 7.79. The first-order chi connectivity index (χ1) is 13.6. The number of hydrogen-bond acceptors (Lipinski definition) is 3. The number of nitrogens with zero attached hydrogens (tertiary/aromatic N) is 1. The van der Waals surface area contributed by atoms with E-state index in [-0.39, 0.29) is 5.91 Å². The standard InChI is InChI=1S/C24H20N2OS/c1-16-8-13-21(17(2)14-16)23(27)26-24-25-22(15-28-24)20-11-9-19(10-12-20)18-6-4-3-5-7-18/h3-15H,1-2H3,(H,25,26,27). The zero-order valence-corrected chi connectivity index (χ0v) is 16.6. The lowest BCUT2D eigenvalue weighted by Crippen LogP contribution is -2.13. The molecule has 1 heterocycles. The van der Waals surface area contributed by atoms with Crippen LogP contribution in [0.4, 0.5) is 5.13 Å². The van der Waals surface area contributed by atoms with Crippen LogP contribution in [0.2, 0.25) is 0 Å². The van der Waals surface area contributed by atoms with E-state index in [1.54, 1.807) is 0 Å². The molecule has 0 saturated heterocycles. The van der Waals surface area contributed by atoms with Gasteiger partial charge in [-0.15, -0.1) is 11.3 Å². The molecule has 0 unspecified atom stereocenters. The summed E-state index contributed by atoms with van der Waals surface area (Å²) in [6, 6.07) is 24.4. The third kappa shape index (κ3) is 3.87. The van der Waals surface area contributed by atoms with Crippen molar-refractivity contribution in [1.82, 2.24) is 4.98 Å². The molecule has 3 aromatic carbocycles. The average molecular weight is 385 g/mol. The van der Waals surface area contributed by atoms with Crippen LogP contribution in [-0.4, -0.2) is 10.9 Å². The van der Waals surface area contributed by atoms with Crippen molar-refractivity contribution in [3.8, 4) is 22.4 Å². The Hall–Kier alpha value is -3.24. The Morgan fingerprint density at radius 3 is 2.25 bits per heavy atom. The summed E-state index contributed by atoms with van der Waals surface area (Å²) in [5.74, 6) is -0.127. The Kier molecular flexibility index (Phi) is 5.04. The van der Waals surface area contributed by atoms with Gasteiger partial charge in [-0.2, -0.15) is 0 Å². The molecule has 0 aliphatic carbocycles. The molecule has 1 N–H and O–H groups in total. The minimum absolute atomic E-state index is 0.127. The fourth-order valence-corrected chi connectivity index (χ4v) is 3.88. The maximum atomic E-state index is 12.5. The summed E-state index contributed by atoms with van der Waals surface area (Å²) < 4.78 is 0. The highest BCUT2D eigenvalue weighted by atomic mass is 32.1. The second-order valence-electron chi connectivity index (χ2n) is 6.75. The lowest BCUT2D eigenvalue weighted by molar-refractivity contribution is 0.102. The van der Waals surface area contributed by atoms with Crippen molar-refractivity contribution in [2.75, 3.05) is 5.32 Å². The normalized spacial score (nSPS) is 10.6. The molecule has 0 bridgehead atoms. The number of hydrogen-bond donors (Lipinski definition) is 1. The lowest BCUT2D eigenvalue weighted by atomic mass is 10.0. The number of anilines is 1. The molecule has 3 nitrogen and oxygen atoms in total. The molecule has 1 aromatic heterocycles.